The van der Waals surface area contributed by atoms with Gasteiger partial charge in [-0.05, 0) is 191 Å². The molecule has 25 heteroatoms. The Kier molecular flexibility index (Phi) is 30.0. The third kappa shape index (κ3) is 23.2. The summed E-state index contributed by atoms with van der Waals surface area (Å²) in [7, 11) is 0. The number of nitrogens with one attached hydrogen (secondary N) is 6. The van der Waals surface area contributed by atoms with Crippen molar-refractivity contribution in [2.45, 2.75) is 173 Å². The van der Waals surface area contributed by atoms with E-state index in [0.29, 0.717) is 70.3 Å². The van der Waals surface area contributed by atoms with E-state index in [4.69, 9.17) is 95.4 Å². The number of nitrogens with zero attached hydrogens (tertiary/aromatic N) is 6. The molecule has 12 rings (SSSR count). The summed E-state index contributed by atoms with van der Waals surface area (Å²) in [5.41, 5.74) is 4.84. The van der Waals surface area contributed by atoms with Gasteiger partial charge in [0.1, 0.15) is 17.2 Å². The van der Waals surface area contributed by atoms with Crippen molar-refractivity contribution in [3.8, 4) is 17.2 Å². The highest BCUT2D eigenvalue weighted by molar-refractivity contribution is 6.42. The molecule has 0 unspecified atom stereocenters. The molecule has 0 bridgehead atoms. The molecule has 6 aromatic rings. The predicted molar refractivity (Wildman–Crippen MR) is 427 cm³/mol. The van der Waals surface area contributed by atoms with E-state index in [1.54, 1.807) is 48.5 Å². The lowest BCUT2D eigenvalue weighted by atomic mass is 9.90. The average molecular weight is 1550 g/mol. The van der Waals surface area contributed by atoms with E-state index in [9.17, 15) is 14.4 Å². The molecule has 103 heavy (non-hydrogen) atoms. The van der Waals surface area contributed by atoms with E-state index in [2.05, 4.69) is 157 Å². The second-order valence-corrected chi connectivity index (χ2v) is 31.1. The molecule has 6 fully saturated rings. The molecule has 0 atom stereocenters. The molecule has 18 nitrogen and oxygen atoms in total. The monoisotopic (exact) mass is 1550 g/mol. The van der Waals surface area contributed by atoms with E-state index in [-0.39, 0.29) is 54.5 Å². The maximum atomic E-state index is 12.5. The van der Waals surface area contributed by atoms with Gasteiger partial charge in [0.2, 0.25) is 0 Å². The van der Waals surface area contributed by atoms with Crippen LogP contribution in [-0.4, -0.2) is 166 Å². The van der Waals surface area contributed by atoms with Crippen molar-refractivity contribution in [1.29, 1.82) is 0 Å². The average Bonchev–Trinajstić information content (AvgIpc) is 0.831. The quantitative estimate of drug-likeness (QED) is 0.0482. The fourth-order valence-electron chi connectivity index (χ4n) is 14.9. The summed E-state index contributed by atoms with van der Waals surface area (Å²) in [6, 6.07) is 39.8. The summed E-state index contributed by atoms with van der Waals surface area (Å²) < 4.78 is 18.1. The van der Waals surface area contributed by atoms with Crippen LogP contribution in [0.3, 0.4) is 0 Å². The minimum atomic E-state index is -0.296. The molecule has 3 aliphatic carbocycles. The lowest BCUT2D eigenvalue weighted by molar-refractivity contribution is 0.137. The number of hydrogen-bond donors (Lipinski definition) is 6. The van der Waals surface area contributed by atoms with E-state index in [1.165, 1.54) is 17.1 Å². The number of urea groups is 3. The largest absolute Gasteiger partial charge is 0.489 e. The molecule has 3 saturated carbocycles. The van der Waals surface area contributed by atoms with Gasteiger partial charge in [-0.2, -0.15) is 0 Å². The topological polar surface area (TPSA) is 171 Å². The van der Waals surface area contributed by atoms with Crippen LogP contribution < -0.4 is 60.8 Å². The normalized spacial score (nSPS) is 21.3. The zero-order valence-electron chi connectivity index (χ0n) is 60.0. The second kappa shape index (κ2) is 38.9. The Hall–Kier alpha value is -6.16. The number of para-hydroxylation sites is 8. The molecular formula is C78H101Cl7N12O6. The summed E-state index contributed by atoms with van der Waals surface area (Å²) in [5.74, 6) is 2.89. The van der Waals surface area contributed by atoms with Crippen molar-refractivity contribution in [1.82, 2.24) is 30.7 Å². The number of anilines is 6. The number of carbonyl (C=O) groups excluding carboxylic acids is 3. The number of halogens is 7. The van der Waals surface area contributed by atoms with Crippen LogP contribution in [-0.2, 0) is 0 Å². The maximum Gasteiger partial charge on any atom is 0.319 e. The highest BCUT2D eigenvalue weighted by Gasteiger charge is 2.34. The molecule has 0 aromatic heterocycles. The Labute approximate surface area is 644 Å². The van der Waals surface area contributed by atoms with Gasteiger partial charge in [-0.3, -0.25) is 14.7 Å². The van der Waals surface area contributed by atoms with Crippen LogP contribution >= 0.6 is 81.2 Å². The number of benzene rings is 6. The number of ether oxygens (including phenoxy) is 3. The van der Waals surface area contributed by atoms with Gasteiger partial charge in [0.15, 0.2) is 0 Å². The summed E-state index contributed by atoms with van der Waals surface area (Å²) >= 11 is 42.9. The molecule has 0 spiro atoms. The first kappa shape index (κ1) is 79.4. The van der Waals surface area contributed by atoms with Crippen LogP contribution in [0.25, 0.3) is 0 Å². The standard InChI is InChI=1S/C26H33Cl3N4O2.2C26H34Cl2N4O2/c1-17(2)35-24-6-4-3-5-23(24)33-13-11-32(12-14-33)20-9-7-19(8-10-20)30-26(34)31-25-21(28)15-18(27)16-22(25)29;2*1-18(2)34-24-9-4-3-8-23(24)32-16-14-31(15-17-32)20-12-10-19(11-13-20)29-26(33)30-25-21(27)6-5-7-22(25)28/h3-6,15-17,19-20H,7-14H2,1-2H3,(H2,30,31,34);2*3-9,18-20H,10-17H2,1-2H3,(H2,29,30,33). The maximum absolute atomic E-state index is 12.5. The minimum Gasteiger partial charge on any atom is -0.489 e. The smallest absolute Gasteiger partial charge is 0.319 e. The highest BCUT2D eigenvalue weighted by Crippen LogP contribution is 2.38. The molecule has 6 amide bonds. The molecule has 558 valence electrons. The lowest BCUT2D eigenvalue weighted by Gasteiger charge is -2.43. The van der Waals surface area contributed by atoms with Crippen LogP contribution in [0.2, 0.25) is 35.2 Å². The van der Waals surface area contributed by atoms with Gasteiger partial charge in [-0.15, -0.1) is 0 Å². The molecule has 3 heterocycles. The molecular weight excluding hydrogens is 1450 g/mol. The van der Waals surface area contributed by atoms with Gasteiger partial charge in [-0.1, -0.05) is 130 Å². The first-order valence-electron chi connectivity index (χ1n) is 36.6. The summed E-state index contributed by atoms with van der Waals surface area (Å²) in [6.07, 6.45) is 12.8. The first-order valence-corrected chi connectivity index (χ1v) is 39.2. The van der Waals surface area contributed by atoms with Crippen LogP contribution in [0.1, 0.15) is 119 Å². The SMILES string of the molecule is CC(C)Oc1ccccc1N1CCN(C2CCC(NC(=O)Nc3c(Cl)cc(Cl)cc3Cl)CC2)CC1.CC(C)Oc1ccccc1N1CCN(C2CCC(NC(=O)Nc3c(Cl)cccc3Cl)CC2)CC1.CC(C)Oc1ccccc1N1CCN(C2CCC(NC(=O)Nc3c(Cl)cccc3Cl)CC2)CC1. The Bertz CT molecular complexity index is 3500. The lowest BCUT2D eigenvalue weighted by Crippen LogP contribution is -2.52. The van der Waals surface area contributed by atoms with Crippen molar-refractivity contribution >= 4 is 133 Å². The summed E-state index contributed by atoms with van der Waals surface area (Å²) in [4.78, 5) is 52.6. The van der Waals surface area contributed by atoms with Crippen molar-refractivity contribution in [2.75, 3.05) is 109 Å². The highest BCUT2D eigenvalue weighted by atomic mass is 35.5. The van der Waals surface area contributed by atoms with Gasteiger partial charge in [0.25, 0.3) is 0 Å². The first-order chi connectivity index (χ1) is 49.6. The summed E-state index contributed by atoms with van der Waals surface area (Å²) in [5, 5.41) is 20.4. The van der Waals surface area contributed by atoms with Gasteiger partial charge in [-0.25, -0.2) is 14.4 Å². The van der Waals surface area contributed by atoms with Crippen LogP contribution in [0.15, 0.2) is 121 Å². The third-order valence-corrected chi connectivity index (χ3v) is 22.0. The Morgan fingerprint density at radius 3 is 0.825 bits per heavy atom. The Morgan fingerprint density at radius 1 is 0.330 bits per heavy atom. The predicted octanol–water partition coefficient (Wildman–Crippen LogP) is 18.8. The fraction of sp³-hybridized carbons (Fsp3) is 0.500. The number of rotatable bonds is 18. The molecule has 3 aliphatic heterocycles. The summed E-state index contributed by atoms with van der Waals surface area (Å²) in [6.45, 7) is 24.6. The molecule has 3 saturated heterocycles. The number of amides is 6. The second-order valence-electron chi connectivity index (χ2n) is 28.2. The van der Waals surface area contributed by atoms with Gasteiger partial charge < -0.3 is 60.8 Å². The van der Waals surface area contributed by atoms with Crippen LogP contribution in [0.4, 0.5) is 48.5 Å². The Morgan fingerprint density at radius 2 is 0.573 bits per heavy atom. The minimum absolute atomic E-state index is 0.137. The number of piperazine rings is 3. The van der Waals surface area contributed by atoms with Crippen molar-refractivity contribution < 1.29 is 28.6 Å². The van der Waals surface area contributed by atoms with E-state index in [1.807, 2.05) is 18.2 Å². The zero-order valence-corrected chi connectivity index (χ0v) is 65.3. The van der Waals surface area contributed by atoms with Gasteiger partial charge >= 0.3 is 18.1 Å². The van der Waals surface area contributed by atoms with E-state index in [0.717, 1.165) is 173 Å². The van der Waals surface area contributed by atoms with Gasteiger partial charge in [0.05, 0.1) is 82.6 Å². The third-order valence-electron chi connectivity index (χ3n) is 19.9. The van der Waals surface area contributed by atoms with E-state index >= 15 is 0 Å². The molecule has 6 N–H and O–H groups in total. The van der Waals surface area contributed by atoms with Crippen molar-refractivity contribution in [2.24, 2.45) is 0 Å². The fourth-order valence-corrected chi connectivity index (χ4v) is 16.8. The van der Waals surface area contributed by atoms with Gasteiger partial charge in [0, 0.05) is 120 Å². The van der Waals surface area contributed by atoms with Crippen molar-refractivity contribution in [3.63, 3.8) is 0 Å². The van der Waals surface area contributed by atoms with Crippen LogP contribution in [0, 0.1) is 0 Å². The number of hydrogen-bond acceptors (Lipinski definition) is 12. The van der Waals surface area contributed by atoms with E-state index < -0.39 is 0 Å². The van der Waals surface area contributed by atoms with Crippen LogP contribution in [0.5, 0.6) is 17.2 Å². The number of carbonyl (C=O) groups is 3. The van der Waals surface area contributed by atoms with Crippen molar-refractivity contribution in [3.05, 3.63) is 156 Å². The Balaban J connectivity index is 0.000000166. The molecule has 6 aliphatic rings. The molecule has 6 aromatic carbocycles. The zero-order chi connectivity index (χ0) is 73.1. The molecule has 0 radical (unpaired) electrons.